The monoisotopic (exact) mass is 305 g/mol. The maximum absolute atomic E-state index is 12.1. The van der Waals surface area contributed by atoms with Gasteiger partial charge in [-0.05, 0) is 12.8 Å². The number of hydrogen-bond acceptors (Lipinski definition) is 3. The summed E-state index contributed by atoms with van der Waals surface area (Å²) >= 11 is 0. The van der Waals surface area contributed by atoms with E-state index >= 15 is 0 Å². The average molecular weight is 305 g/mol. The fraction of sp³-hybridized carbons (Fsp3) is 0.933. The quantitative estimate of drug-likeness (QED) is 0.428. The topological polar surface area (TPSA) is 63.2 Å². The van der Waals surface area contributed by atoms with Crippen molar-refractivity contribution in [2.45, 2.75) is 85.0 Å². The Morgan fingerprint density at radius 1 is 0.900 bits per heavy atom. The minimum Gasteiger partial charge on any atom is -0.273 e. The third-order valence-corrected chi connectivity index (χ3v) is 4.29. The second-order valence-corrected chi connectivity index (χ2v) is 6.62. The second-order valence-electron chi connectivity index (χ2n) is 5.88. The van der Waals surface area contributed by atoms with E-state index in [1.807, 2.05) is 6.92 Å². The number of nitrogens with one attached hydrogen (secondary N) is 1. The number of thiol groups is 1. The van der Waals surface area contributed by atoms with Crippen LogP contribution in [0.1, 0.15) is 85.0 Å². The third kappa shape index (κ3) is 8.56. The molecule has 1 amide bonds. The molecule has 0 aliphatic carbocycles. The molecule has 5 heteroatoms. The first-order chi connectivity index (χ1) is 9.46. The molecule has 0 rings (SSSR count). The summed E-state index contributed by atoms with van der Waals surface area (Å²) in [6, 6.07) is 0. The van der Waals surface area contributed by atoms with E-state index in [0.717, 1.165) is 51.4 Å². The van der Waals surface area contributed by atoms with Gasteiger partial charge in [-0.2, -0.15) is 0 Å². The standard InChI is InChI=1S/C15H31NO3S/c1-4-6-8-10-12-15(3,13-11-9-7-5-2)14(17)16-20(18)19/h20H,4-13H2,1-3H3,(H,16,17,18,19). The Kier molecular flexibility index (Phi) is 10.8. The minimum atomic E-state index is -2.85. The molecule has 20 heavy (non-hydrogen) atoms. The van der Waals surface area contributed by atoms with Gasteiger partial charge in [0.1, 0.15) is 0 Å². The van der Waals surface area contributed by atoms with Gasteiger partial charge in [0.25, 0.3) is 0 Å². The summed E-state index contributed by atoms with van der Waals surface area (Å²) in [4.78, 5) is 12.1. The van der Waals surface area contributed by atoms with Crippen LogP contribution in [0.15, 0.2) is 0 Å². The van der Waals surface area contributed by atoms with Crippen molar-refractivity contribution in [1.82, 2.24) is 4.72 Å². The predicted octanol–water partition coefficient (Wildman–Crippen LogP) is 3.58. The summed E-state index contributed by atoms with van der Waals surface area (Å²) in [5.74, 6) is -0.332. The van der Waals surface area contributed by atoms with Crippen molar-refractivity contribution in [3.05, 3.63) is 0 Å². The van der Waals surface area contributed by atoms with Gasteiger partial charge in [0, 0.05) is 5.41 Å². The highest BCUT2D eigenvalue weighted by Gasteiger charge is 2.32. The van der Waals surface area contributed by atoms with Crippen LogP contribution >= 0.6 is 0 Å². The highest BCUT2D eigenvalue weighted by atomic mass is 32.2. The van der Waals surface area contributed by atoms with E-state index in [2.05, 4.69) is 18.6 Å². The molecule has 0 unspecified atom stereocenters. The summed E-state index contributed by atoms with van der Waals surface area (Å²) in [5.41, 5.74) is -0.545. The molecular weight excluding hydrogens is 274 g/mol. The number of unbranched alkanes of at least 4 members (excludes halogenated alkanes) is 6. The fourth-order valence-electron chi connectivity index (χ4n) is 2.45. The molecular formula is C15H31NO3S. The molecule has 0 saturated carbocycles. The van der Waals surface area contributed by atoms with E-state index in [1.165, 1.54) is 12.8 Å². The molecule has 0 aromatic carbocycles. The first kappa shape index (κ1) is 19.4. The molecule has 0 aliphatic heterocycles. The van der Waals surface area contributed by atoms with Crippen LogP contribution in [0.2, 0.25) is 0 Å². The molecule has 0 heterocycles. The van der Waals surface area contributed by atoms with Crippen LogP contribution in [-0.2, 0) is 15.7 Å². The maximum atomic E-state index is 12.1. The molecule has 0 aliphatic rings. The van der Waals surface area contributed by atoms with Crippen LogP contribution in [0.25, 0.3) is 0 Å². The van der Waals surface area contributed by atoms with Gasteiger partial charge in [-0.25, -0.2) is 8.42 Å². The molecule has 0 atom stereocenters. The summed E-state index contributed by atoms with van der Waals surface area (Å²) in [5, 5.41) is 0. The van der Waals surface area contributed by atoms with E-state index in [4.69, 9.17) is 0 Å². The zero-order valence-electron chi connectivity index (χ0n) is 13.2. The first-order valence-electron chi connectivity index (χ1n) is 7.91. The Labute approximate surface area is 125 Å². The van der Waals surface area contributed by atoms with Gasteiger partial charge in [-0.15, -0.1) is 0 Å². The van der Waals surface area contributed by atoms with Crippen LogP contribution in [0.3, 0.4) is 0 Å². The minimum absolute atomic E-state index is 0.332. The maximum Gasteiger partial charge on any atom is 0.239 e. The van der Waals surface area contributed by atoms with Crippen LogP contribution in [0.5, 0.6) is 0 Å². The Hall–Kier alpha value is -0.580. The van der Waals surface area contributed by atoms with E-state index in [9.17, 15) is 13.2 Å². The van der Waals surface area contributed by atoms with Crippen LogP contribution in [-0.4, -0.2) is 14.3 Å². The van der Waals surface area contributed by atoms with Crippen molar-refractivity contribution in [3.63, 3.8) is 0 Å². The third-order valence-electron chi connectivity index (χ3n) is 3.91. The van der Waals surface area contributed by atoms with Gasteiger partial charge in [0.2, 0.25) is 16.8 Å². The lowest BCUT2D eigenvalue weighted by atomic mass is 9.79. The summed E-state index contributed by atoms with van der Waals surface area (Å²) < 4.78 is 23.5. The van der Waals surface area contributed by atoms with Crippen molar-refractivity contribution >= 4 is 16.8 Å². The highest BCUT2D eigenvalue weighted by molar-refractivity contribution is 7.71. The molecule has 0 spiro atoms. The normalized spacial score (nSPS) is 11.8. The highest BCUT2D eigenvalue weighted by Crippen LogP contribution is 2.31. The number of carbonyl (C=O) groups is 1. The average Bonchev–Trinajstić information content (AvgIpc) is 2.39. The van der Waals surface area contributed by atoms with Gasteiger partial charge >= 0.3 is 0 Å². The number of carbonyl (C=O) groups excluding carboxylic acids is 1. The lowest BCUT2D eigenvalue weighted by Gasteiger charge is -2.27. The van der Waals surface area contributed by atoms with Crippen molar-refractivity contribution in [2.75, 3.05) is 0 Å². The molecule has 0 radical (unpaired) electrons. The van der Waals surface area contributed by atoms with Crippen LogP contribution in [0.4, 0.5) is 0 Å². The molecule has 0 bridgehead atoms. The van der Waals surface area contributed by atoms with Crippen molar-refractivity contribution in [1.29, 1.82) is 0 Å². The largest absolute Gasteiger partial charge is 0.273 e. The molecule has 4 nitrogen and oxygen atoms in total. The lowest BCUT2D eigenvalue weighted by molar-refractivity contribution is -0.129. The van der Waals surface area contributed by atoms with Gasteiger partial charge < -0.3 is 0 Å². The van der Waals surface area contributed by atoms with Gasteiger partial charge in [0.15, 0.2) is 0 Å². The fourth-order valence-corrected chi connectivity index (χ4v) is 2.89. The molecule has 0 fully saturated rings. The van der Waals surface area contributed by atoms with Gasteiger partial charge in [-0.1, -0.05) is 72.1 Å². The van der Waals surface area contributed by atoms with Crippen molar-refractivity contribution < 1.29 is 13.2 Å². The Bertz CT molecular complexity index is 320. The predicted molar refractivity (Wildman–Crippen MR) is 84.1 cm³/mol. The zero-order valence-corrected chi connectivity index (χ0v) is 14.1. The van der Waals surface area contributed by atoms with Crippen molar-refractivity contribution in [3.8, 4) is 0 Å². The van der Waals surface area contributed by atoms with Gasteiger partial charge in [-0.3, -0.25) is 9.52 Å². The zero-order chi connectivity index (χ0) is 15.4. The summed E-state index contributed by atoms with van der Waals surface area (Å²) in [6.07, 6.45) is 10.4. The molecule has 0 saturated heterocycles. The van der Waals surface area contributed by atoms with Gasteiger partial charge in [0.05, 0.1) is 0 Å². The molecule has 120 valence electrons. The number of hydrogen-bond donors (Lipinski definition) is 2. The molecule has 1 N–H and O–H groups in total. The van der Waals surface area contributed by atoms with Crippen molar-refractivity contribution in [2.24, 2.45) is 5.41 Å². The van der Waals surface area contributed by atoms with Crippen LogP contribution < -0.4 is 4.72 Å². The Balaban J connectivity index is 4.44. The summed E-state index contributed by atoms with van der Waals surface area (Å²) in [6.45, 7) is 6.20. The number of amides is 1. The Morgan fingerprint density at radius 2 is 1.35 bits per heavy atom. The molecule has 0 aromatic heterocycles. The smallest absolute Gasteiger partial charge is 0.239 e. The lowest BCUT2D eigenvalue weighted by Crippen LogP contribution is -2.38. The van der Waals surface area contributed by atoms with E-state index < -0.39 is 16.3 Å². The SMILES string of the molecule is CCCCCCC(C)(CCCCCC)C(=O)N[SH](=O)=O. The molecule has 0 aromatic rings. The number of rotatable bonds is 12. The second kappa shape index (κ2) is 11.1. The van der Waals surface area contributed by atoms with E-state index in [-0.39, 0.29) is 5.91 Å². The van der Waals surface area contributed by atoms with Crippen LogP contribution in [0, 0.1) is 5.41 Å². The Morgan fingerprint density at radius 3 is 1.70 bits per heavy atom. The summed E-state index contributed by atoms with van der Waals surface area (Å²) in [7, 11) is -2.85. The van der Waals surface area contributed by atoms with E-state index in [0.29, 0.717) is 0 Å². The van der Waals surface area contributed by atoms with E-state index in [1.54, 1.807) is 0 Å². The first-order valence-corrected chi connectivity index (χ1v) is 9.09.